The van der Waals surface area contributed by atoms with Gasteiger partial charge in [-0.3, -0.25) is 0 Å². The first-order valence-electron chi connectivity index (χ1n) is 4.83. The Morgan fingerprint density at radius 1 is 0.750 bits per heavy atom. The van der Waals surface area contributed by atoms with Crippen LogP contribution >= 0.6 is 0 Å². The molecule has 3 heteroatoms. The second kappa shape index (κ2) is 4.39. The van der Waals surface area contributed by atoms with Crippen LogP contribution in [0.25, 0.3) is 0 Å². The first-order chi connectivity index (χ1) is 7.65. The van der Waals surface area contributed by atoms with Crippen LogP contribution in [-0.2, 0) is 6.42 Å². The second-order valence-corrected chi connectivity index (χ2v) is 3.56. The Kier molecular flexibility index (Phi) is 2.95. The summed E-state index contributed by atoms with van der Waals surface area (Å²) >= 11 is 0. The van der Waals surface area contributed by atoms with E-state index in [0.717, 1.165) is 17.7 Å². The van der Waals surface area contributed by atoms with Crippen LogP contribution in [0, 0.1) is 17.5 Å². The van der Waals surface area contributed by atoms with E-state index in [9.17, 15) is 13.2 Å². The summed E-state index contributed by atoms with van der Waals surface area (Å²) < 4.78 is 38.5. The predicted molar refractivity (Wildman–Crippen MR) is 55.6 cm³/mol. The molecular weight excluding hydrogens is 213 g/mol. The number of halogens is 3. The molecular formula is C13H9F3. The lowest BCUT2D eigenvalue weighted by atomic mass is 10.0. The molecule has 0 aliphatic heterocycles. The molecule has 0 N–H and O–H groups in total. The molecule has 2 rings (SSSR count). The summed E-state index contributed by atoms with van der Waals surface area (Å²) in [6, 6.07) is 9.73. The van der Waals surface area contributed by atoms with Crippen molar-refractivity contribution in [3.8, 4) is 0 Å². The van der Waals surface area contributed by atoms with Gasteiger partial charge in [-0.2, -0.15) is 0 Å². The van der Waals surface area contributed by atoms with Gasteiger partial charge < -0.3 is 0 Å². The third kappa shape index (κ3) is 2.42. The minimum atomic E-state index is -0.881. The normalized spacial score (nSPS) is 10.4. The Balaban J connectivity index is 2.24. The molecule has 0 heterocycles. The fourth-order valence-electron chi connectivity index (χ4n) is 1.53. The summed E-state index contributed by atoms with van der Waals surface area (Å²) in [5.74, 6) is -2.09. The van der Waals surface area contributed by atoms with Crippen LogP contribution < -0.4 is 0 Å². The van der Waals surface area contributed by atoms with E-state index in [1.165, 1.54) is 18.2 Å². The van der Waals surface area contributed by atoms with Crippen molar-refractivity contribution in [1.29, 1.82) is 0 Å². The van der Waals surface area contributed by atoms with Crippen LogP contribution in [0.4, 0.5) is 13.2 Å². The van der Waals surface area contributed by atoms with Crippen LogP contribution in [0.3, 0.4) is 0 Å². The maximum Gasteiger partial charge on any atom is 0.159 e. The quantitative estimate of drug-likeness (QED) is 0.726. The first kappa shape index (κ1) is 10.7. The van der Waals surface area contributed by atoms with Gasteiger partial charge in [0, 0.05) is 0 Å². The zero-order valence-corrected chi connectivity index (χ0v) is 8.38. The van der Waals surface area contributed by atoms with E-state index in [4.69, 9.17) is 0 Å². The van der Waals surface area contributed by atoms with Crippen LogP contribution in [0.15, 0.2) is 42.5 Å². The SMILES string of the molecule is Fc1cccc(Cc2ccc(F)c(F)c2)c1. The highest BCUT2D eigenvalue weighted by molar-refractivity contribution is 5.27. The van der Waals surface area contributed by atoms with Crippen LogP contribution in [0.5, 0.6) is 0 Å². The molecule has 82 valence electrons. The first-order valence-corrected chi connectivity index (χ1v) is 4.83. The molecule has 2 aromatic carbocycles. The topological polar surface area (TPSA) is 0 Å². The molecule has 0 unspecified atom stereocenters. The molecule has 0 fully saturated rings. The van der Waals surface area contributed by atoms with Crippen LogP contribution in [0.2, 0.25) is 0 Å². The van der Waals surface area contributed by atoms with Crippen molar-refractivity contribution in [2.75, 3.05) is 0 Å². The third-order valence-electron chi connectivity index (χ3n) is 2.28. The zero-order valence-electron chi connectivity index (χ0n) is 8.38. The van der Waals surface area contributed by atoms with Crippen molar-refractivity contribution >= 4 is 0 Å². The van der Waals surface area contributed by atoms with Crippen molar-refractivity contribution in [3.05, 3.63) is 71.0 Å². The molecule has 16 heavy (non-hydrogen) atoms. The highest BCUT2D eigenvalue weighted by Crippen LogP contribution is 2.14. The smallest absolute Gasteiger partial charge is 0.159 e. The minimum Gasteiger partial charge on any atom is -0.207 e. The van der Waals surface area contributed by atoms with Crippen molar-refractivity contribution in [3.63, 3.8) is 0 Å². The molecule has 0 saturated carbocycles. The molecule has 0 spiro atoms. The summed E-state index contributed by atoms with van der Waals surface area (Å²) in [7, 11) is 0. The summed E-state index contributed by atoms with van der Waals surface area (Å²) in [5.41, 5.74) is 1.34. The molecule has 0 radical (unpaired) electrons. The minimum absolute atomic E-state index is 0.333. The summed E-state index contributed by atoms with van der Waals surface area (Å²) in [6.07, 6.45) is 0.384. The zero-order chi connectivity index (χ0) is 11.5. The van der Waals surface area contributed by atoms with E-state index in [2.05, 4.69) is 0 Å². The van der Waals surface area contributed by atoms with Gasteiger partial charge in [-0.05, 0) is 41.8 Å². The van der Waals surface area contributed by atoms with Gasteiger partial charge in [0.1, 0.15) is 5.82 Å². The molecule has 0 aromatic heterocycles. The van der Waals surface area contributed by atoms with Crippen molar-refractivity contribution in [2.45, 2.75) is 6.42 Å². The Morgan fingerprint density at radius 3 is 2.19 bits per heavy atom. The molecule has 0 amide bonds. The summed E-state index contributed by atoms with van der Waals surface area (Å²) in [5, 5.41) is 0. The lowest BCUT2D eigenvalue weighted by Crippen LogP contribution is -1.92. The third-order valence-corrected chi connectivity index (χ3v) is 2.28. The van der Waals surface area contributed by atoms with Gasteiger partial charge in [-0.25, -0.2) is 13.2 Å². The maximum atomic E-state index is 12.9. The van der Waals surface area contributed by atoms with E-state index in [-0.39, 0.29) is 5.82 Å². The molecule has 0 atom stereocenters. The van der Waals surface area contributed by atoms with Crippen LogP contribution in [-0.4, -0.2) is 0 Å². The van der Waals surface area contributed by atoms with Gasteiger partial charge in [0.15, 0.2) is 11.6 Å². The molecule has 0 aliphatic carbocycles. The molecule has 0 saturated heterocycles. The predicted octanol–water partition coefficient (Wildman–Crippen LogP) is 3.69. The Hall–Kier alpha value is -1.77. The molecule has 0 bridgehead atoms. The summed E-state index contributed by atoms with van der Waals surface area (Å²) in [4.78, 5) is 0. The van der Waals surface area contributed by atoms with E-state index in [1.807, 2.05) is 0 Å². The van der Waals surface area contributed by atoms with Gasteiger partial charge in [0.05, 0.1) is 0 Å². The van der Waals surface area contributed by atoms with Gasteiger partial charge in [0.2, 0.25) is 0 Å². The number of hydrogen-bond acceptors (Lipinski definition) is 0. The van der Waals surface area contributed by atoms with Crippen molar-refractivity contribution in [1.82, 2.24) is 0 Å². The van der Waals surface area contributed by atoms with E-state index >= 15 is 0 Å². The lowest BCUT2D eigenvalue weighted by molar-refractivity contribution is 0.507. The standard InChI is InChI=1S/C13H9F3/c14-11-3-1-2-9(7-11)6-10-4-5-12(15)13(16)8-10/h1-5,7-8H,6H2. The van der Waals surface area contributed by atoms with Gasteiger partial charge in [-0.15, -0.1) is 0 Å². The van der Waals surface area contributed by atoms with Crippen molar-refractivity contribution < 1.29 is 13.2 Å². The van der Waals surface area contributed by atoms with Gasteiger partial charge in [-0.1, -0.05) is 18.2 Å². The van der Waals surface area contributed by atoms with E-state index in [1.54, 1.807) is 12.1 Å². The number of benzene rings is 2. The van der Waals surface area contributed by atoms with Crippen molar-refractivity contribution in [2.24, 2.45) is 0 Å². The monoisotopic (exact) mass is 222 g/mol. The Morgan fingerprint density at radius 2 is 1.50 bits per heavy atom. The lowest BCUT2D eigenvalue weighted by Gasteiger charge is -2.02. The molecule has 0 aliphatic rings. The fraction of sp³-hybridized carbons (Fsp3) is 0.0769. The highest BCUT2D eigenvalue weighted by Gasteiger charge is 2.03. The van der Waals surface area contributed by atoms with Crippen LogP contribution in [0.1, 0.15) is 11.1 Å². The van der Waals surface area contributed by atoms with E-state index in [0.29, 0.717) is 12.0 Å². The molecule has 2 aromatic rings. The maximum absolute atomic E-state index is 12.9. The fourth-order valence-corrected chi connectivity index (χ4v) is 1.53. The summed E-state index contributed by atoms with van der Waals surface area (Å²) in [6.45, 7) is 0. The van der Waals surface area contributed by atoms with E-state index < -0.39 is 11.6 Å². The average molecular weight is 222 g/mol. The number of hydrogen-bond donors (Lipinski definition) is 0. The molecule has 0 nitrogen and oxygen atoms in total. The highest BCUT2D eigenvalue weighted by atomic mass is 19.2. The largest absolute Gasteiger partial charge is 0.207 e. The Bertz CT molecular complexity index is 506. The Labute approximate surface area is 91.4 Å². The average Bonchev–Trinajstić information content (AvgIpc) is 2.24. The van der Waals surface area contributed by atoms with Gasteiger partial charge >= 0.3 is 0 Å². The second-order valence-electron chi connectivity index (χ2n) is 3.56. The number of rotatable bonds is 2. The van der Waals surface area contributed by atoms with Gasteiger partial charge in [0.25, 0.3) is 0 Å².